The molecule has 0 radical (unpaired) electrons. The molecule has 0 amide bonds. The Balaban J connectivity index is 1.53. The molecule has 0 fully saturated rings. The number of rotatable bonds is 7. The van der Waals surface area contributed by atoms with Crippen molar-refractivity contribution in [1.29, 1.82) is 0 Å². The summed E-state index contributed by atoms with van der Waals surface area (Å²) in [5.74, 6) is -6.42. The summed E-state index contributed by atoms with van der Waals surface area (Å²) in [5.41, 5.74) is 2.65. The third kappa shape index (κ3) is 4.85. The quantitative estimate of drug-likeness (QED) is 0.202. The Morgan fingerprint density at radius 3 is 2.00 bits per heavy atom. The molecule has 4 aromatic rings. The highest BCUT2D eigenvalue weighted by molar-refractivity contribution is 5.84. The molecule has 0 saturated heterocycles. The van der Waals surface area contributed by atoms with Crippen LogP contribution in [-0.2, 0) is 13.0 Å². The SMILES string of the molecule is CCCCc1ccc(-c2cc(F)c(OCc3ccc4c(F)c(F)c(F)cc4c3)c(F)c2)cc1. The van der Waals surface area contributed by atoms with Gasteiger partial charge in [0, 0.05) is 5.39 Å². The highest BCUT2D eigenvalue weighted by Crippen LogP contribution is 2.30. The molecule has 0 saturated carbocycles. The second-order valence-corrected chi connectivity index (χ2v) is 7.90. The number of aryl methyl sites for hydroxylation is 1. The van der Waals surface area contributed by atoms with E-state index in [1.165, 1.54) is 35.9 Å². The van der Waals surface area contributed by atoms with E-state index in [0.717, 1.165) is 25.3 Å². The monoisotopic (exact) mass is 456 g/mol. The Labute approximate surface area is 188 Å². The minimum absolute atomic E-state index is 0.0972. The summed E-state index contributed by atoms with van der Waals surface area (Å²) >= 11 is 0. The summed E-state index contributed by atoms with van der Waals surface area (Å²) in [5, 5.41) is 0.0197. The Kier molecular flexibility index (Phi) is 6.63. The number of halogens is 5. The van der Waals surface area contributed by atoms with E-state index in [1.807, 2.05) is 24.3 Å². The number of hydrogen-bond acceptors (Lipinski definition) is 1. The lowest BCUT2D eigenvalue weighted by Crippen LogP contribution is -2.01. The fourth-order valence-electron chi connectivity index (χ4n) is 3.71. The summed E-state index contributed by atoms with van der Waals surface area (Å²) in [4.78, 5) is 0. The lowest BCUT2D eigenvalue weighted by atomic mass is 10.0. The van der Waals surface area contributed by atoms with Crippen molar-refractivity contribution in [2.45, 2.75) is 32.8 Å². The third-order valence-electron chi connectivity index (χ3n) is 5.52. The smallest absolute Gasteiger partial charge is 0.195 e. The van der Waals surface area contributed by atoms with E-state index >= 15 is 0 Å². The molecule has 0 atom stereocenters. The molecular formula is C27H21F5O. The molecule has 6 heteroatoms. The second-order valence-electron chi connectivity index (χ2n) is 7.90. The maximum atomic E-state index is 14.6. The van der Waals surface area contributed by atoms with Crippen LogP contribution in [0.1, 0.15) is 30.9 Å². The summed E-state index contributed by atoms with van der Waals surface area (Å²) in [6.45, 7) is 1.88. The van der Waals surface area contributed by atoms with Crippen LogP contribution < -0.4 is 4.74 Å². The van der Waals surface area contributed by atoms with Crippen LogP contribution in [-0.4, -0.2) is 0 Å². The van der Waals surface area contributed by atoms with Crippen LogP contribution in [0.5, 0.6) is 5.75 Å². The van der Waals surface area contributed by atoms with Crippen molar-refractivity contribution in [2.75, 3.05) is 0 Å². The molecule has 0 heterocycles. The van der Waals surface area contributed by atoms with Crippen LogP contribution in [0.3, 0.4) is 0 Å². The first-order chi connectivity index (χ1) is 15.9. The van der Waals surface area contributed by atoms with Gasteiger partial charge in [-0.25, -0.2) is 22.0 Å². The largest absolute Gasteiger partial charge is 0.483 e. The van der Waals surface area contributed by atoms with Gasteiger partial charge in [-0.15, -0.1) is 0 Å². The normalized spacial score (nSPS) is 11.2. The topological polar surface area (TPSA) is 9.23 Å². The van der Waals surface area contributed by atoms with Crippen molar-refractivity contribution in [2.24, 2.45) is 0 Å². The van der Waals surface area contributed by atoms with E-state index in [2.05, 4.69) is 6.92 Å². The van der Waals surface area contributed by atoms with Gasteiger partial charge in [0.15, 0.2) is 34.8 Å². The van der Waals surface area contributed by atoms with Crippen molar-refractivity contribution in [3.8, 4) is 16.9 Å². The Bertz CT molecular complexity index is 1280. The second kappa shape index (κ2) is 9.61. The lowest BCUT2D eigenvalue weighted by molar-refractivity contribution is 0.274. The molecule has 33 heavy (non-hydrogen) atoms. The van der Waals surface area contributed by atoms with Gasteiger partial charge in [-0.1, -0.05) is 49.7 Å². The number of ether oxygens (including phenoxy) is 1. The van der Waals surface area contributed by atoms with Crippen LogP contribution in [0.25, 0.3) is 21.9 Å². The van der Waals surface area contributed by atoms with Crippen LogP contribution in [0, 0.1) is 29.1 Å². The highest BCUT2D eigenvalue weighted by Gasteiger charge is 2.16. The highest BCUT2D eigenvalue weighted by atomic mass is 19.2. The molecule has 0 aliphatic rings. The molecule has 0 spiro atoms. The van der Waals surface area contributed by atoms with Crippen molar-refractivity contribution in [1.82, 2.24) is 0 Å². The zero-order chi connectivity index (χ0) is 23.5. The molecule has 0 N–H and O–H groups in total. The Morgan fingerprint density at radius 2 is 1.33 bits per heavy atom. The van der Waals surface area contributed by atoms with Gasteiger partial charge in [0.25, 0.3) is 0 Å². The molecule has 170 valence electrons. The van der Waals surface area contributed by atoms with Gasteiger partial charge in [-0.2, -0.15) is 0 Å². The number of unbranched alkanes of at least 4 members (excludes halogenated alkanes) is 1. The molecular weight excluding hydrogens is 435 g/mol. The van der Waals surface area contributed by atoms with Gasteiger partial charge in [0.2, 0.25) is 0 Å². The standard InChI is InChI=1S/C27H21F5O/c1-2-3-4-16-5-8-18(9-6-16)19-12-23(29)27(24(30)13-19)33-15-17-7-10-21-20(11-17)14-22(28)26(32)25(21)31/h5-14H,2-4,15H2,1H3. The first-order valence-electron chi connectivity index (χ1n) is 10.6. The van der Waals surface area contributed by atoms with Crippen molar-refractivity contribution in [3.05, 3.63) is 101 Å². The van der Waals surface area contributed by atoms with Gasteiger partial charge in [-0.3, -0.25) is 0 Å². The molecule has 0 aliphatic carbocycles. The number of benzene rings is 4. The average Bonchev–Trinajstić information content (AvgIpc) is 2.81. The van der Waals surface area contributed by atoms with E-state index in [1.54, 1.807) is 0 Å². The van der Waals surface area contributed by atoms with Crippen LogP contribution in [0.4, 0.5) is 22.0 Å². The Morgan fingerprint density at radius 1 is 0.667 bits per heavy atom. The van der Waals surface area contributed by atoms with E-state index in [9.17, 15) is 22.0 Å². The summed E-state index contributed by atoms with van der Waals surface area (Å²) < 4.78 is 75.4. The summed E-state index contributed by atoms with van der Waals surface area (Å²) in [7, 11) is 0. The molecule has 0 bridgehead atoms. The third-order valence-corrected chi connectivity index (χ3v) is 5.52. The van der Waals surface area contributed by atoms with Crippen molar-refractivity contribution < 1.29 is 26.7 Å². The molecule has 4 aromatic carbocycles. The average molecular weight is 456 g/mol. The molecule has 0 aliphatic heterocycles. The molecule has 0 unspecified atom stereocenters. The van der Waals surface area contributed by atoms with Crippen LogP contribution in [0.15, 0.2) is 60.7 Å². The Hall–Kier alpha value is -3.41. The van der Waals surface area contributed by atoms with Gasteiger partial charge >= 0.3 is 0 Å². The molecule has 4 rings (SSSR count). The van der Waals surface area contributed by atoms with Gasteiger partial charge in [0.05, 0.1) is 0 Å². The lowest BCUT2D eigenvalue weighted by Gasteiger charge is -2.12. The zero-order valence-corrected chi connectivity index (χ0v) is 17.9. The first-order valence-corrected chi connectivity index (χ1v) is 10.6. The maximum absolute atomic E-state index is 14.6. The summed E-state index contributed by atoms with van der Waals surface area (Å²) in [6, 6.07) is 14.9. The van der Waals surface area contributed by atoms with Crippen LogP contribution in [0.2, 0.25) is 0 Å². The molecule has 0 aromatic heterocycles. The fraction of sp³-hybridized carbons (Fsp3) is 0.185. The van der Waals surface area contributed by atoms with Crippen molar-refractivity contribution >= 4 is 10.8 Å². The van der Waals surface area contributed by atoms with E-state index < -0.39 is 34.8 Å². The molecule has 1 nitrogen and oxygen atoms in total. The van der Waals surface area contributed by atoms with E-state index in [4.69, 9.17) is 4.74 Å². The minimum Gasteiger partial charge on any atom is -0.483 e. The van der Waals surface area contributed by atoms with Gasteiger partial charge < -0.3 is 4.74 Å². The predicted molar refractivity (Wildman–Crippen MR) is 119 cm³/mol. The van der Waals surface area contributed by atoms with E-state index in [0.29, 0.717) is 16.7 Å². The number of hydrogen-bond donors (Lipinski definition) is 0. The van der Waals surface area contributed by atoms with Gasteiger partial charge in [0.1, 0.15) is 6.61 Å². The summed E-state index contributed by atoms with van der Waals surface area (Å²) in [6.07, 6.45) is 3.12. The zero-order valence-electron chi connectivity index (χ0n) is 17.9. The fourth-order valence-corrected chi connectivity index (χ4v) is 3.71. The minimum atomic E-state index is -1.55. The van der Waals surface area contributed by atoms with E-state index in [-0.39, 0.29) is 17.4 Å². The van der Waals surface area contributed by atoms with Crippen molar-refractivity contribution in [3.63, 3.8) is 0 Å². The van der Waals surface area contributed by atoms with Gasteiger partial charge in [-0.05, 0) is 64.7 Å². The predicted octanol–water partition coefficient (Wildman–Crippen LogP) is 8.12. The van der Waals surface area contributed by atoms with Crippen LogP contribution >= 0.6 is 0 Å². The number of fused-ring (bicyclic) bond motifs is 1. The first kappa shape index (κ1) is 22.8. The maximum Gasteiger partial charge on any atom is 0.195 e.